The topological polar surface area (TPSA) is 129 Å². The molecule has 4 aromatic carbocycles. The molecule has 1 saturated heterocycles. The Morgan fingerprint density at radius 2 is 1.69 bits per heavy atom. The molecule has 0 bridgehead atoms. The maximum Gasteiger partial charge on any atom is 0.345 e. The Bertz CT molecular complexity index is 2690. The van der Waals surface area contributed by atoms with E-state index in [0.29, 0.717) is 78.8 Å². The van der Waals surface area contributed by atoms with E-state index in [1.807, 2.05) is 55.5 Å². The number of para-hydroxylation sites is 2. The van der Waals surface area contributed by atoms with E-state index in [2.05, 4.69) is 21.3 Å². The minimum absolute atomic E-state index is 0.0412. The molecule has 0 amide bonds. The number of carboxylic acid groups (broad SMARTS) is 1. The van der Waals surface area contributed by atoms with Crippen LogP contribution < -0.4 is 18.9 Å². The lowest BCUT2D eigenvalue weighted by molar-refractivity contribution is -0.145. The average molecular weight is 874 g/mol. The maximum atomic E-state index is 14.2. The molecule has 11 nitrogen and oxygen atoms in total. The van der Waals surface area contributed by atoms with Crippen molar-refractivity contribution in [3.05, 3.63) is 131 Å². The number of halogens is 2. The number of aromatic nitrogens is 4. The fourth-order valence-electron chi connectivity index (χ4n) is 7.72. The molecule has 0 aliphatic carbocycles. The SMILES string of the molecule is COc1ccccc1-c1nccc(COc2ccccc2CC(Oc2nsc3cnc(-c4ccc(F)cc4)c(-c4ccc(OCCC5CCN(C)CC5)c(Cl)c4C)c23)C(=O)O)n1. The van der Waals surface area contributed by atoms with Gasteiger partial charge in [0, 0.05) is 29.9 Å². The predicted molar refractivity (Wildman–Crippen MR) is 239 cm³/mol. The molecular formula is C48H45ClFN5O6S. The van der Waals surface area contributed by atoms with E-state index >= 15 is 0 Å². The van der Waals surface area contributed by atoms with Crippen LogP contribution in [-0.2, 0) is 17.8 Å². The third-order valence-electron chi connectivity index (χ3n) is 11.2. The van der Waals surface area contributed by atoms with Gasteiger partial charge in [0.25, 0.3) is 0 Å². The van der Waals surface area contributed by atoms with Crippen LogP contribution in [-0.4, -0.2) is 75.3 Å². The van der Waals surface area contributed by atoms with Crippen LogP contribution in [0.4, 0.5) is 4.39 Å². The summed E-state index contributed by atoms with van der Waals surface area (Å²) in [5.41, 5.74) is 5.24. The normalized spacial score (nSPS) is 13.8. The number of nitrogens with zero attached hydrogens (tertiary/aromatic N) is 5. The van der Waals surface area contributed by atoms with Crippen molar-refractivity contribution in [2.45, 2.75) is 45.3 Å². The number of hydrogen-bond donors (Lipinski definition) is 1. The fraction of sp³-hybridized carbons (Fsp3) is 0.271. The number of carbonyl (C=O) groups is 1. The average Bonchev–Trinajstić information content (AvgIpc) is 3.70. The van der Waals surface area contributed by atoms with Crippen molar-refractivity contribution < 1.29 is 33.2 Å². The van der Waals surface area contributed by atoms with E-state index in [1.165, 1.54) is 12.1 Å². The molecule has 8 rings (SSSR count). The zero-order valence-electron chi connectivity index (χ0n) is 34.5. The van der Waals surface area contributed by atoms with Crippen LogP contribution in [0.3, 0.4) is 0 Å². The first-order valence-corrected chi connectivity index (χ1v) is 21.5. The maximum absolute atomic E-state index is 14.2. The van der Waals surface area contributed by atoms with E-state index in [1.54, 1.807) is 49.8 Å². The number of piperidine rings is 1. The molecule has 1 aliphatic rings. The highest BCUT2D eigenvalue weighted by molar-refractivity contribution is 7.13. The largest absolute Gasteiger partial charge is 0.496 e. The van der Waals surface area contributed by atoms with Crippen LogP contribution >= 0.6 is 23.1 Å². The lowest BCUT2D eigenvalue weighted by Gasteiger charge is -2.28. The Balaban J connectivity index is 1.08. The van der Waals surface area contributed by atoms with Crippen molar-refractivity contribution in [3.63, 3.8) is 0 Å². The van der Waals surface area contributed by atoms with E-state index in [9.17, 15) is 14.3 Å². The van der Waals surface area contributed by atoms with Crippen molar-refractivity contribution in [2.24, 2.45) is 5.92 Å². The Hall–Kier alpha value is -6.15. The Labute approximate surface area is 368 Å². The number of methoxy groups -OCH3 is 1. The summed E-state index contributed by atoms with van der Waals surface area (Å²) in [4.78, 5) is 29.3. The van der Waals surface area contributed by atoms with Crippen molar-refractivity contribution in [1.29, 1.82) is 0 Å². The van der Waals surface area contributed by atoms with Gasteiger partial charge in [-0.2, -0.15) is 4.37 Å². The third-order valence-corrected chi connectivity index (χ3v) is 12.4. The summed E-state index contributed by atoms with van der Waals surface area (Å²) >= 11 is 8.21. The molecule has 318 valence electrons. The summed E-state index contributed by atoms with van der Waals surface area (Å²) in [6, 6.07) is 26.3. The van der Waals surface area contributed by atoms with Crippen molar-refractivity contribution >= 4 is 39.2 Å². The van der Waals surface area contributed by atoms with Gasteiger partial charge in [0.2, 0.25) is 12.0 Å². The first kappa shape index (κ1) is 42.5. The summed E-state index contributed by atoms with van der Waals surface area (Å²) in [5.74, 6) is 1.34. The molecule has 0 saturated carbocycles. The Kier molecular flexibility index (Phi) is 13.2. The van der Waals surface area contributed by atoms with Gasteiger partial charge in [-0.05, 0) is 135 Å². The van der Waals surface area contributed by atoms with Crippen LogP contribution in [0.2, 0.25) is 5.02 Å². The van der Waals surface area contributed by atoms with Gasteiger partial charge in [-0.25, -0.2) is 19.2 Å². The molecule has 1 aliphatic heterocycles. The van der Waals surface area contributed by atoms with Gasteiger partial charge in [-0.15, -0.1) is 0 Å². The highest BCUT2D eigenvalue weighted by Crippen LogP contribution is 2.46. The highest BCUT2D eigenvalue weighted by atomic mass is 35.5. The molecule has 1 atom stereocenters. The second kappa shape index (κ2) is 19.3. The highest BCUT2D eigenvalue weighted by Gasteiger charge is 2.28. The number of ether oxygens (including phenoxy) is 4. The first-order valence-electron chi connectivity index (χ1n) is 20.4. The molecular weight excluding hydrogens is 829 g/mol. The van der Waals surface area contributed by atoms with Crippen molar-refractivity contribution in [2.75, 3.05) is 33.9 Å². The number of likely N-dealkylation sites (tertiary alicyclic amines) is 1. The van der Waals surface area contributed by atoms with Gasteiger partial charge in [0.15, 0.2) is 5.82 Å². The van der Waals surface area contributed by atoms with Crippen LogP contribution in [0, 0.1) is 18.7 Å². The van der Waals surface area contributed by atoms with Crippen LogP contribution in [0.5, 0.6) is 23.1 Å². The smallest absolute Gasteiger partial charge is 0.345 e. The van der Waals surface area contributed by atoms with Gasteiger partial charge in [0.1, 0.15) is 29.7 Å². The molecule has 0 radical (unpaired) electrons. The summed E-state index contributed by atoms with van der Waals surface area (Å²) in [5, 5.41) is 11.6. The van der Waals surface area contributed by atoms with Crippen LogP contribution in [0.1, 0.15) is 36.1 Å². The molecule has 7 aromatic rings. The van der Waals surface area contributed by atoms with Crippen molar-refractivity contribution in [1.82, 2.24) is 24.2 Å². The van der Waals surface area contributed by atoms with Gasteiger partial charge >= 0.3 is 5.97 Å². The molecule has 1 N–H and O–H groups in total. The molecule has 3 aromatic heterocycles. The minimum Gasteiger partial charge on any atom is -0.496 e. The Morgan fingerprint density at radius 1 is 0.935 bits per heavy atom. The van der Waals surface area contributed by atoms with E-state index in [0.717, 1.165) is 60.6 Å². The predicted octanol–water partition coefficient (Wildman–Crippen LogP) is 10.4. The van der Waals surface area contributed by atoms with Gasteiger partial charge in [-0.1, -0.05) is 48.0 Å². The quantitative estimate of drug-likeness (QED) is 0.0996. The van der Waals surface area contributed by atoms with Gasteiger partial charge in [-0.3, -0.25) is 4.98 Å². The third kappa shape index (κ3) is 9.50. The monoisotopic (exact) mass is 873 g/mol. The molecule has 0 spiro atoms. The number of fused-ring (bicyclic) bond motifs is 1. The number of aliphatic carboxylic acids is 1. The molecule has 4 heterocycles. The minimum atomic E-state index is -1.36. The summed E-state index contributed by atoms with van der Waals surface area (Å²) in [7, 11) is 3.75. The molecule has 1 fully saturated rings. The van der Waals surface area contributed by atoms with Crippen molar-refractivity contribution in [3.8, 4) is 56.9 Å². The second-order valence-electron chi connectivity index (χ2n) is 15.3. The van der Waals surface area contributed by atoms with Crippen LogP contribution in [0.15, 0.2) is 103 Å². The van der Waals surface area contributed by atoms with Gasteiger partial charge in [0.05, 0.1) is 45.8 Å². The Morgan fingerprint density at radius 3 is 2.47 bits per heavy atom. The first-order chi connectivity index (χ1) is 30.2. The van der Waals surface area contributed by atoms with E-state index in [-0.39, 0.29) is 24.7 Å². The number of pyridine rings is 1. The number of rotatable bonds is 16. The number of hydrogen-bond acceptors (Lipinski definition) is 11. The fourth-order valence-corrected chi connectivity index (χ4v) is 8.64. The summed E-state index contributed by atoms with van der Waals surface area (Å²) in [6.45, 7) is 4.74. The number of carboxylic acids is 1. The molecule has 1 unspecified atom stereocenters. The summed E-state index contributed by atoms with van der Waals surface area (Å²) < 4.78 is 43.9. The zero-order valence-corrected chi connectivity index (χ0v) is 36.1. The summed E-state index contributed by atoms with van der Waals surface area (Å²) in [6.07, 6.45) is 5.17. The second-order valence-corrected chi connectivity index (χ2v) is 16.4. The number of benzene rings is 4. The van der Waals surface area contributed by atoms with E-state index in [4.69, 9.17) is 40.5 Å². The lowest BCUT2D eigenvalue weighted by atomic mass is 9.93. The molecule has 62 heavy (non-hydrogen) atoms. The lowest BCUT2D eigenvalue weighted by Crippen LogP contribution is -2.30. The standard InChI is InChI=1S/C48H45ClFN5O6S/c1-29-35(16-17-39(44(29)49)59-25-21-30-19-23-55(2)24-20-30)42-43-41(27-52-45(42)31-12-14-33(50)15-13-31)62-54-47(43)61-40(48(56)57)26-32-8-4-6-10-37(32)60-28-34-18-22-51-46(53-34)36-9-5-7-11-38(36)58-3/h4-18,22,27,30,40H,19-21,23-26,28H2,1-3H3,(H,56,57). The van der Waals surface area contributed by atoms with Crippen LogP contribution in [0.25, 0.3) is 43.9 Å². The molecule has 14 heteroatoms. The van der Waals surface area contributed by atoms with E-state index < -0.39 is 12.1 Å². The van der Waals surface area contributed by atoms with Gasteiger partial charge < -0.3 is 29.0 Å². The zero-order chi connectivity index (χ0) is 43.2.